The fourth-order valence-electron chi connectivity index (χ4n) is 4.32. The van der Waals surface area contributed by atoms with Crippen molar-refractivity contribution in [3.05, 3.63) is 84.1 Å². The topological polar surface area (TPSA) is 45.5 Å². The third-order valence-electron chi connectivity index (χ3n) is 6.26. The Hall–Kier alpha value is -3.18. The Morgan fingerprint density at radius 3 is 2.71 bits per heavy atom. The summed E-state index contributed by atoms with van der Waals surface area (Å²) in [6.45, 7) is 14.6. The van der Waals surface area contributed by atoms with Crippen LogP contribution in [0.15, 0.2) is 61.7 Å². The monoisotopic (exact) mass is 413 g/mol. The highest BCUT2D eigenvalue weighted by Crippen LogP contribution is 2.30. The molecular weight excluding hydrogens is 382 g/mol. The first kappa shape index (κ1) is 21.1. The van der Waals surface area contributed by atoms with Gasteiger partial charge in [-0.2, -0.15) is 5.10 Å². The lowest BCUT2D eigenvalue weighted by Gasteiger charge is -2.30. The number of pyridine rings is 2. The molecular formula is C26H31N5. The summed E-state index contributed by atoms with van der Waals surface area (Å²) in [4.78, 5) is 7.06. The van der Waals surface area contributed by atoms with Gasteiger partial charge in [-0.3, -0.25) is 4.98 Å². The molecule has 0 aliphatic carbocycles. The molecule has 1 aliphatic rings. The predicted octanol–water partition coefficient (Wildman–Crippen LogP) is 5.40. The van der Waals surface area contributed by atoms with Crippen LogP contribution in [0.5, 0.6) is 0 Å². The second-order valence-corrected chi connectivity index (χ2v) is 8.34. The van der Waals surface area contributed by atoms with E-state index in [0.29, 0.717) is 5.92 Å². The SMILES string of the molecule is C=Cc1cnn2ccc(/C(=C/C)c3cc(NC(=C)C4CCN(C)CC4)cnc3C)cc12. The first-order chi connectivity index (χ1) is 15.0. The molecule has 4 rings (SSSR count). The van der Waals surface area contributed by atoms with Crippen molar-refractivity contribution >= 4 is 22.9 Å². The Bertz CT molecular complexity index is 1150. The van der Waals surface area contributed by atoms with Crippen molar-refractivity contribution in [1.29, 1.82) is 0 Å². The highest BCUT2D eigenvalue weighted by Gasteiger charge is 2.20. The zero-order valence-electron chi connectivity index (χ0n) is 18.7. The number of hydrogen-bond acceptors (Lipinski definition) is 4. The second kappa shape index (κ2) is 8.90. The zero-order valence-corrected chi connectivity index (χ0v) is 18.7. The summed E-state index contributed by atoms with van der Waals surface area (Å²) in [5.74, 6) is 0.503. The van der Waals surface area contributed by atoms with Gasteiger partial charge in [-0.25, -0.2) is 4.52 Å². The average Bonchev–Trinajstić information content (AvgIpc) is 3.19. The van der Waals surface area contributed by atoms with Crippen LogP contribution in [0, 0.1) is 12.8 Å². The Balaban J connectivity index is 1.62. The molecule has 160 valence electrons. The van der Waals surface area contributed by atoms with Crippen molar-refractivity contribution in [3.8, 4) is 0 Å². The summed E-state index contributed by atoms with van der Waals surface area (Å²) in [7, 11) is 2.18. The molecule has 0 aromatic carbocycles. The quantitative estimate of drug-likeness (QED) is 0.588. The van der Waals surface area contributed by atoms with Gasteiger partial charge < -0.3 is 10.2 Å². The predicted molar refractivity (Wildman–Crippen MR) is 130 cm³/mol. The molecule has 0 saturated carbocycles. The number of nitrogens with one attached hydrogen (secondary N) is 1. The van der Waals surface area contributed by atoms with E-state index in [1.54, 1.807) is 0 Å². The van der Waals surface area contributed by atoms with Crippen LogP contribution >= 0.6 is 0 Å². The molecule has 3 aromatic heterocycles. The molecule has 5 nitrogen and oxygen atoms in total. The molecule has 3 aromatic rings. The van der Waals surface area contributed by atoms with E-state index in [1.807, 2.05) is 29.2 Å². The van der Waals surface area contributed by atoms with Crippen LogP contribution in [0.2, 0.25) is 0 Å². The summed E-state index contributed by atoms with van der Waals surface area (Å²) in [6.07, 6.45) is 12.0. The van der Waals surface area contributed by atoms with Crippen LogP contribution in [0.4, 0.5) is 5.69 Å². The molecule has 31 heavy (non-hydrogen) atoms. The van der Waals surface area contributed by atoms with Gasteiger partial charge in [0, 0.05) is 34.6 Å². The standard InChI is InChI=1S/C26H31N5/c1-6-20-16-28-31-13-10-22(14-26(20)31)24(7-2)25-15-23(17-27-19(25)4)29-18(3)21-8-11-30(5)12-9-21/h6-7,10,13-17,21,29H,1,3,8-9,11-12H2,2,4-5H3/b24-7-. The summed E-state index contributed by atoms with van der Waals surface area (Å²) in [5.41, 5.74) is 8.55. The third kappa shape index (κ3) is 4.32. The summed E-state index contributed by atoms with van der Waals surface area (Å²) in [6, 6.07) is 6.45. The molecule has 0 radical (unpaired) electrons. The number of anilines is 1. The van der Waals surface area contributed by atoms with Crippen molar-refractivity contribution < 1.29 is 0 Å². The molecule has 0 spiro atoms. The van der Waals surface area contributed by atoms with E-state index >= 15 is 0 Å². The molecule has 1 saturated heterocycles. The van der Waals surface area contributed by atoms with Gasteiger partial charge in [0.2, 0.25) is 0 Å². The van der Waals surface area contributed by atoms with Crippen molar-refractivity contribution in [2.75, 3.05) is 25.5 Å². The van der Waals surface area contributed by atoms with Gasteiger partial charge in [0.15, 0.2) is 0 Å². The van der Waals surface area contributed by atoms with Gasteiger partial charge >= 0.3 is 0 Å². The summed E-state index contributed by atoms with van der Waals surface area (Å²) in [5, 5.41) is 7.93. The number of hydrogen-bond donors (Lipinski definition) is 1. The van der Waals surface area contributed by atoms with Gasteiger partial charge in [-0.15, -0.1) is 0 Å². The first-order valence-corrected chi connectivity index (χ1v) is 10.9. The number of allylic oxidation sites excluding steroid dienone is 2. The smallest absolute Gasteiger partial charge is 0.0739 e. The fraction of sp³-hybridized carbons (Fsp3) is 0.308. The highest BCUT2D eigenvalue weighted by atomic mass is 15.2. The maximum absolute atomic E-state index is 4.68. The number of aryl methyl sites for hydroxylation is 1. The number of aromatic nitrogens is 3. The van der Waals surface area contributed by atoms with Crippen LogP contribution in [-0.4, -0.2) is 39.6 Å². The molecule has 0 atom stereocenters. The zero-order chi connectivity index (χ0) is 22.0. The largest absolute Gasteiger partial charge is 0.358 e. The van der Waals surface area contributed by atoms with E-state index in [4.69, 9.17) is 0 Å². The van der Waals surface area contributed by atoms with Gasteiger partial charge in [-0.05, 0) is 76.2 Å². The fourth-order valence-corrected chi connectivity index (χ4v) is 4.32. The minimum absolute atomic E-state index is 0.503. The first-order valence-electron chi connectivity index (χ1n) is 10.9. The third-order valence-corrected chi connectivity index (χ3v) is 6.26. The van der Waals surface area contributed by atoms with Crippen LogP contribution in [0.1, 0.15) is 42.1 Å². The van der Waals surface area contributed by atoms with E-state index in [-0.39, 0.29) is 0 Å². The van der Waals surface area contributed by atoms with E-state index in [2.05, 4.69) is 78.6 Å². The normalized spacial score (nSPS) is 15.9. The van der Waals surface area contributed by atoms with Gasteiger partial charge in [0.25, 0.3) is 0 Å². The van der Waals surface area contributed by atoms with E-state index in [1.165, 1.54) is 0 Å². The lowest BCUT2D eigenvalue weighted by molar-refractivity contribution is 0.239. The number of piperidine rings is 1. The Morgan fingerprint density at radius 2 is 2.00 bits per heavy atom. The number of rotatable bonds is 6. The molecule has 1 fully saturated rings. The number of fused-ring (bicyclic) bond motifs is 1. The molecule has 0 bridgehead atoms. The minimum Gasteiger partial charge on any atom is -0.358 e. The van der Waals surface area contributed by atoms with Crippen LogP contribution in [-0.2, 0) is 0 Å². The molecule has 0 unspecified atom stereocenters. The van der Waals surface area contributed by atoms with E-state index in [9.17, 15) is 0 Å². The van der Waals surface area contributed by atoms with Gasteiger partial charge in [0.05, 0.1) is 23.6 Å². The molecule has 0 amide bonds. The van der Waals surface area contributed by atoms with Crippen molar-refractivity contribution in [2.45, 2.75) is 26.7 Å². The van der Waals surface area contributed by atoms with Gasteiger partial charge in [-0.1, -0.05) is 25.3 Å². The lowest BCUT2D eigenvalue weighted by Crippen LogP contribution is -2.31. The molecule has 5 heteroatoms. The molecule has 1 aliphatic heterocycles. The maximum atomic E-state index is 4.68. The highest BCUT2D eigenvalue weighted by molar-refractivity contribution is 5.84. The molecule has 4 heterocycles. The minimum atomic E-state index is 0.503. The summed E-state index contributed by atoms with van der Waals surface area (Å²) < 4.78 is 1.88. The van der Waals surface area contributed by atoms with E-state index < -0.39 is 0 Å². The number of likely N-dealkylation sites (tertiary alicyclic amines) is 1. The van der Waals surface area contributed by atoms with Gasteiger partial charge in [0.1, 0.15) is 0 Å². The Kier molecular flexibility index (Phi) is 6.05. The van der Waals surface area contributed by atoms with Crippen LogP contribution in [0.25, 0.3) is 17.2 Å². The van der Waals surface area contributed by atoms with Crippen molar-refractivity contribution in [3.63, 3.8) is 0 Å². The second-order valence-electron chi connectivity index (χ2n) is 8.34. The van der Waals surface area contributed by atoms with Crippen molar-refractivity contribution in [2.24, 2.45) is 5.92 Å². The Morgan fingerprint density at radius 1 is 1.23 bits per heavy atom. The average molecular weight is 414 g/mol. The van der Waals surface area contributed by atoms with Crippen LogP contribution < -0.4 is 5.32 Å². The Labute approximate surface area is 184 Å². The van der Waals surface area contributed by atoms with Crippen molar-refractivity contribution in [1.82, 2.24) is 19.5 Å². The maximum Gasteiger partial charge on any atom is 0.0739 e. The van der Waals surface area contributed by atoms with E-state index in [0.717, 1.165) is 70.8 Å². The lowest BCUT2D eigenvalue weighted by atomic mass is 9.93. The molecule has 1 N–H and O–H groups in total. The van der Waals surface area contributed by atoms with Crippen LogP contribution in [0.3, 0.4) is 0 Å². The number of nitrogens with zero attached hydrogens (tertiary/aromatic N) is 4. The summed E-state index contributed by atoms with van der Waals surface area (Å²) >= 11 is 0.